The minimum Gasteiger partial charge on any atom is -0.371 e. The molecule has 1 aromatic heterocycles. The van der Waals surface area contributed by atoms with Gasteiger partial charge in [-0.1, -0.05) is 41.4 Å². The van der Waals surface area contributed by atoms with Crippen LogP contribution in [0.25, 0.3) is 0 Å². The van der Waals surface area contributed by atoms with Crippen molar-refractivity contribution in [2.75, 3.05) is 17.7 Å². The molecule has 3 rings (SSSR count). The number of nitrogen functional groups attached to an aromatic ring is 1. The molecule has 2 heterocycles. The summed E-state index contributed by atoms with van der Waals surface area (Å²) in [5, 5.41) is 3.72. The van der Waals surface area contributed by atoms with E-state index in [9.17, 15) is 0 Å². The smallest absolute Gasteiger partial charge is 0.223 e. The highest BCUT2D eigenvalue weighted by atomic mass is 35.5. The molecule has 6 heteroatoms. The number of nitrogens with two attached hydrogens (primary N) is 1. The Kier molecular flexibility index (Phi) is 4.45. The zero-order chi connectivity index (χ0) is 15.5. The van der Waals surface area contributed by atoms with Crippen molar-refractivity contribution in [1.82, 2.24) is 9.97 Å². The largest absolute Gasteiger partial charge is 0.371 e. The Labute approximate surface area is 134 Å². The van der Waals surface area contributed by atoms with E-state index in [0.29, 0.717) is 11.0 Å². The number of ether oxygens (including phenoxy) is 1. The summed E-state index contributed by atoms with van der Waals surface area (Å²) < 4.78 is 5.98. The predicted molar refractivity (Wildman–Crippen MR) is 88.0 cm³/mol. The van der Waals surface area contributed by atoms with Crippen LogP contribution in [-0.2, 0) is 4.74 Å². The summed E-state index contributed by atoms with van der Waals surface area (Å²) in [5.41, 5.74) is 8.05. The summed E-state index contributed by atoms with van der Waals surface area (Å²) in [6, 6.07) is 10.2. The van der Waals surface area contributed by atoms with Crippen molar-refractivity contribution in [3.63, 3.8) is 0 Å². The quantitative estimate of drug-likeness (QED) is 0.849. The Morgan fingerprint density at radius 2 is 2.05 bits per heavy atom. The van der Waals surface area contributed by atoms with Crippen molar-refractivity contribution in [1.29, 1.82) is 0 Å². The maximum Gasteiger partial charge on any atom is 0.223 e. The molecule has 1 aliphatic heterocycles. The molecule has 2 aromatic rings. The molecule has 0 spiro atoms. The minimum absolute atomic E-state index is 0.00989. The second-order valence-electron chi connectivity index (χ2n) is 5.53. The first-order valence-electron chi connectivity index (χ1n) is 7.36. The number of rotatable bonds is 3. The van der Waals surface area contributed by atoms with Gasteiger partial charge in [-0.05, 0) is 25.3 Å². The number of aryl methyl sites for hydroxylation is 1. The summed E-state index contributed by atoms with van der Waals surface area (Å²) >= 11 is 5.94. The van der Waals surface area contributed by atoms with E-state index in [-0.39, 0.29) is 18.1 Å². The molecule has 0 saturated carbocycles. The minimum atomic E-state index is -0.00989. The van der Waals surface area contributed by atoms with Crippen molar-refractivity contribution in [2.24, 2.45) is 0 Å². The molecule has 1 aromatic carbocycles. The molecule has 1 saturated heterocycles. The van der Waals surface area contributed by atoms with Gasteiger partial charge in [-0.25, -0.2) is 4.98 Å². The average molecular weight is 319 g/mol. The van der Waals surface area contributed by atoms with Crippen LogP contribution in [0.3, 0.4) is 0 Å². The van der Waals surface area contributed by atoms with Crippen LogP contribution in [-0.4, -0.2) is 22.6 Å². The number of nitrogens with zero attached hydrogens (tertiary/aromatic N) is 2. The van der Waals surface area contributed by atoms with Gasteiger partial charge in [-0.2, -0.15) is 4.98 Å². The molecular weight excluding hydrogens is 300 g/mol. The molecule has 0 aliphatic carbocycles. The average Bonchev–Trinajstić information content (AvgIpc) is 2.48. The summed E-state index contributed by atoms with van der Waals surface area (Å²) in [6.07, 6.45) is 2.00. The molecule has 1 aliphatic rings. The second kappa shape index (κ2) is 6.50. The topological polar surface area (TPSA) is 73.1 Å². The molecule has 0 radical (unpaired) electrons. The molecule has 116 valence electrons. The van der Waals surface area contributed by atoms with Crippen molar-refractivity contribution in [3.05, 3.63) is 46.6 Å². The number of nitrogens with one attached hydrogen (secondary N) is 1. The number of anilines is 2. The highest BCUT2D eigenvalue weighted by Gasteiger charge is 2.27. The normalized spacial score (nSPS) is 21.5. The fourth-order valence-corrected chi connectivity index (χ4v) is 2.90. The SMILES string of the molecule is Cc1ccc(C2OCCCC2Nc2cc(Cl)nc(N)n2)cc1. The first kappa shape index (κ1) is 15.1. The van der Waals surface area contributed by atoms with E-state index >= 15 is 0 Å². The van der Waals surface area contributed by atoms with Crippen molar-refractivity contribution < 1.29 is 4.74 Å². The molecule has 5 nitrogen and oxygen atoms in total. The Morgan fingerprint density at radius 3 is 2.77 bits per heavy atom. The number of hydrogen-bond donors (Lipinski definition) is 2. The van der Waals surface area contributed by atoms with Gasteiger partial charge in [0.2, 0.25) is 5.95 Å². The van der Waals surface area contributed by atoms with Gasteiger partial charge in [0.05, 0.1) is 6.04 Å². The number of halogens is 1. The zero-order valence-electron chi connectivity index (χ0n) is 12.4. The summed E-state index contributed by atoms with van der Waals surface area (Å²) in [5.74, 6) is 0.795. The summed E-state index contributed by atoms with van der Waals surface area (Å²) in [7, 11) is 0. The van der Waals surface area contributed by atoms with E-state index in [1.807, 2.05) is 0 Å². The van der Waals surface area contributed by atoms with Gasteiger partial charge in [-0.3, -0.25) is 0 Å². The fourth-order valence-electron chi connectivity index (χ4n) is 2.71. The van der Waals surface area contributed by atoms with Crippen LogP contribution in [0.2, 0.25) is 5.15 Å². The van der Waals surface area contributed by atoms with Gasteiger partial charge < -0.3 is 15.8 Å². The number of aromatic nitrogens is 2. The van der Waals surface area contributed by atoms with Crippen LogP contribution in [0.1, 0.15) is 30.1 Å². The lowest BCUT2D eigenvalue weighted by Crippen LogP contribution is -2.34. The molecule has 1 fully saturated rings. The van der Waals surface area contributed by atoms with Crippen molar-refractivity contribution >= 4 is 23.4 Å². The number of benzene rings is 1. The molecular formula is C16H19ClN4O. The van der Waals surface area contributed by atoms with Gasteiger partial charge in [0.1, 0.15) is 17.1 Å². The van der Waals surface area contributed by atoms with E-state index in [1.54, 1.807) is 6.07 Å². The van der Waals surface area contributed by atoms with E-state index in [4.69, 9.17) is 22.1 Å². The maximum absolute atomic E-state index is 5.98. The van der Waals surface area contributed by atoms with Gasteiger partial charge in [0, 0.05) is 12.7 Å². The third kappa shape index (κ3) is 3.48. The van der Waals surface area contributed by atoms with Crippen LogP contribution in [0.5, 0.6) is 0 Å². The standard InChI is InChI=1S/C16H19ClN4O/c1-10-4-6-11(7-5-10)15-12(3-2-8-22-15)19-14-9-13(17)20-16(18)21-14/h4-7,9,12,15H,2-3,8H2,1H3,(H3,18,19,20,21). The van der Waals surface area contributed by atoms with Gasteiger partial charge >= 0.3 is 0 Å². The molecule has 3 N–H and O–H groups in total. The van der Waals surface area contributed by atoms with E-state index in [2.05, 4.69) is 46.5 Å². The lowest BCUT2D eigenvalue weighted by molar-refractivity contribution is 0.00555. The third-order valence-electron chi connectivity index (χ3n) is 3.77. The van der Waals surface area contributed by atoms with Crippen LogP contribution >= 0.6 is 11.6 Å². The van der Waals surface area contributed by atoms with Crippen molar-refractivity contribution in [3.8, 4) is 0 Å². The molecule has 2 unspecified atom stereocenters. The Bertz CT molecular complexity index is 627. The monoisotopic (exact) mass is 318 g/mol. The van der Waals surface area contributed by atoms with Crippen LogP contribution in [0, 0.1) is 6.92 Å². The molecule has 0 amide bonds. The zero-order valence-corrected chi connectivity index (χ0v) is 13.2. The maximum atomic E-state index is 5.98. The summed E-state index contributed by atoms with van der Waals surface area (Å²) in [6.45, 7) is 2.84. The highest BCUT2D eigenvalue weighted by molar-refractivity contribution is 6.29. The van der Waals surface area contributed by atoms with E-state index < -0.39 is 0 Å². The molecule has 22 heavy (non-hydrogen) atoms. The first-order chi connectivity index (χ1) is 10.6. The van der Waals surface area contributed by atoms with Gasteiger partial charge in [-0.15, -0.1) is 0 Å². The summed E-state index contributed by atoms with van der Waals surface area (Å²) in [4.78, 5) is 8.06. The Balaban J connectivity index is 1.81. The van der Waals surface area contributed by atoms with Crippen LogP contribution in [0.15, 0.2) is 30.3 Å². The van der Waals surface area contributed by atoms with E-state index in [0.717, 1.165) is 25.0 Å². The van der Waals surface area contributed by atoms with Crippen LogP contribution < -0.4 is 11.1 Å². The van der Waals surface area contributed by atoms with E-state index in [1.165, 1.54) is 5.56 Å². The van der Waals surface area contributed by atoms with Gasteiger partial charge in [0.25, 0.3) is 0 Å². The van der Waals surface area contributed by atoms with Crippen molar-refractivity contribution in [2.45, 2.75) is 31.9 Å². The second-order valence-corrected chi connectivity index (χ2v) is 5.92. The Morgan fingerprint density at radius 1 is 1.27 bits per heavy atom. The molecule has 2 atom stereocenters. The third-order valence-corrected chi connectivity index (χ3v) is 3.97. The predicted octanol–water partition coefficient (Wildman–Crippen LogP) is 3.35. The van der Waals surface area contributed by atoms with Crippen LogP contribution in [0.4, 0.5) is 11.8 Å². The van der Waals surface area contributed by atoms with Gasteiger partial charge in [0.15, 0.2) is 0 Å². The fraction of sp³-hybridized carbons (Fsp3) is 0.375. The lowest BCUT2D eigenvalue weighted by Gasteiger charge is -2.33. The first-order valence-corrected chi connectivity index (χ1v) is 7.74. The Hall–Kier alpha value is -1.85. The lowest BCUT2D eigenvalue weighted by atomic mass is 9.95. The highest BCUT2D eigenvalue weighted by Crippen LogP contribution is 2.31. The number of hydrogen-bond acceptors (Lipinski definition) is 5. The molecule has 0 bridgehead atoms.